The lowest BCUT2D eigenvalue weighted by Gasteiger charge is -2.32. The molecule has 17 heavy (non-hydrogen) atoms. The zero-order chi connectivity index (χ0) is 12.1. The van der Waals surface area contributed by atoms with Gasteiger partial charge in [-0.2, -0.15) is 0 Å². The molecule has 0 spiro atoms. The predicted octanol–water partition coefficient (Wildman–Crippen LogP) is 3.03. The smallest absolute Gasteiger partial charge is 0.0693 e. The Bertz CT molecular complexity index is 325. The molecule has 3 atom stereocenters. The van der Waals surface area contributed by atoms with Crippen molar-refractivity contribution in [2.24, 2.45) is 0 Å². The van der Waals surface area contributed by atoms with Crippen molar-refractivity contribution in [3.8, 4) is 0 Å². The van der Waals surface area contributed by atoms with E-state index in [1.165, 1.54) is 18.4 Å². The van der Waals surface area contributed by atoms with Gasteiger partial charge in [0.15, 0.2) is 0 Å². The molecule has 0 saturated heterocycles. The summed E-state index contributed by atoms with van der Waals surface area (Å²) in [5.41, 5.74) is 1.33. The van der Waals surface area contributed by atoms with Crippen molar-refractivity contribution in [3.63, 3.8) is 0 Å². The molecule has 1 saturated carbocycles. The van der Waals surface area contributed by atoms with Crippen LogP contribution in [0, 0.1) is 0 Å². The molecule has 1 aliphatic carbocycles. The van der Waals surface area contributed by atoms with E-state index in [9.17, 15) is 5.11 Å². The molecule has 3 unspecified atom stereocenters. The van der Waals surface area contributed by atoms with Crippen LogP contribution in [0.2, 0.25) is 0 Å². The molecule has 0 aliphatic heterocycles. The number of aliphatic hydroxyl groups excluding tert-OH is 1. The van der Waals surface area contributed by atoms with E-state index < -0.39 is 0 Å². The highest BCUT2D eigenvalue weighted by molar-refractivity contribution is 5.19. The van der Waals surface area contributed by atoms with Crippen LogP contribution in [-0.2, 0) is 0 Å². The van der Waals surface area contributed by atoms with E-state index in [1.54, 1.807) is 0 Å². The third-order valence-corrected chi connectivity index (χ3v) is 3.75. The van der Waals surface area contributed by atoms with Crippen molar-refractivity contribution < 1.29 is 5.11 Å². The van der Waals surface area contributed by atoms with Crippen LogP contribution in [0.5, 0.6) is 0 Å². The largest absolute Gasteiger partial charge is 0.392 e. The summed E-state index contributed by atoms with van der Waals surface area (Å²) >= 11 is 0. The van der Waals surface area contributed by atoms with Gasteiger partial charge in [-0.05, 0) is 24.8 Å². The summed E-state index contributed by atoms with van der Waals surface area (Å²) in [5, 5.41) is 13.6. The van der Waals surface area contributed by atoms with E-state index >= 15 is 0 Å². The Morgan fingerprint density at radius 3 is 2.59 bits per heavy atom. The van der Waals surface area contributed by atoms with Crippen LogP contribution in [-0.4, -0.2) is 17.3 Å². The fraction of sp³-hybridized carbons (Fsp3) is 0.600. The fourth-order valence-corrected chi connectivity index (χ4v) is 2.70. The van der Waals surface area contributed by atoms with Gasteiger partial charge in [-0.1, -0.05) is 50.1 Å². The Hall–Kier alpha value is -0.860. The maximum absolute atomic E-state index is 10.00. The number of benzene rings is 1. The van der Waals surface area contributed by atoms with Crippen LogP contribution in [0.15, 0.2) is 30.3 Å². The number of nitrogens with one attached hydrogen (secondary N) is 1. The van der Waals surface area contributed by atoms with Crippen molar-refractivity contribution in [1.29, 1.82) is 0 Å². The summed E-state index contributed by atoms with van der Waals surface area (Å²) in [4.78, 5) is 0. The third-order valence-electron chi connectivity index (χ3n) is 3.75. The Balaban J connectivity index is 1.99. The molecule has 0 heterocycles. The highest BCUT2D eigenvalue weighted by Crippen LogP contribution is 2.23. The lowest BCUT2D eigenvalue weighted by atomic mass is 9.91. The SMILES string of the molecule is CCC(NC1CCCCC1O)c1ccccc1. The molecule has 1 aliphatic rings. The van der Waals surface area contributed by atoms with Crippen LogP contribution >= 0.6 is 0 Å². The molecular weight excluding hydrogens is 210 g/mol. The van der Waals surface area contributed by atoms with E-state index in [1.807, 2.05) is 6.07 Å². The van der Waals surface area contributed by atoms with Gasteiger partial charge in [0, 0.05) is 12.1 Å². The molecule has 0 bridgehead atoms. The fourth-order valence-electron chi connectivity index (χ4n) is 2.70. The summed E-state index contributed by atoms with van der Waals surface area (Å²) in [6.45, 7) is 2.19. The maximum Gasteiger partial charge on any atom is 0.0693 e. The Labute approximate surface area is 104 Å². The van der Waals surface area contributed by atoms with Crippen LogP contribution in [0.1, 0.15) is 50.6 Å². The van der Waals surface area contributed by atoms with E-state index in [4.69, 9.17) is 0 Å². The zero-order valence-electron chi connectivity index (χ0n) is 10.6. The van der Waals surface area contributed by atoms with Gasteiger partial charge in [0.1, 0.15) is 0 Å². The second kappa shape index (κ2) is 6.18. The van der Waals surface area contributed by atoms with Crippen molar-refractivity contribution >= 4 is 0 Å². The van der Waals surface area contributed by atoms with Crippen molar-refractivity contribution in [1.82, 2.24) is 5.32 Å². The number of hydrogen-bond acceptors (Lipinski definition) is 2. The minimum Gasteiger partial charge on any atom is -0.392 e. The second-order valence-electron chi connectivity index (χ2n) is 5.00. The summed E-state index contributed by atoms with van der Waals surface area (Å²) in [5.74, 6) is 0. The van der Waals surface area contributed by atoms with E-state index in [0.29, 0.717) is 6.04 Å². The van der Waals surface area contributed by atoms with Crippen molar-refractivity contribution in [3.05, 3.63) is 35.9 Å². The van der Waals surface area contributed by atoms with Gasteiger partial charge in [-0.15, -0.1) is 0 Å². The molecule has 1 fully saturated rings. The van der Waals surface area contributed by atoms with Gasteiger partial charge < -0.3 is 10.4 Å². The molecule has 0 aromatic heterocycles. The first-order valence-electron chi connectivity index (χ1n) is 6.80. The Morgan fingerprint density at radius 1 is 1.24 bits per heavy atom. The maximum atomic E-state index is 10.00. The lowest BCUT2D eigenvalue weighted by Crippen LogP contribution is -2.43. The zero-order valence-corrected chi connectivity index (χ0v) is 10.6. The van der Waals surface area contributed by atoms with Gasteiger partial charge in [0.2, 0.25) is 0 Å². The summed E-state index contributed by atoms with van der Waals surface area (Å²) in [6, 6.07) is 11.2. The standard InChI is InChI=1S/C15H23NO/c1-2-13(12-8-4-3-5-9-12)16-14-10-6-7-11-15(14)17/h3-5,8-9,13-17H,2,6-7,10-11H2,1H3. The molecule has 2 heteroatoms. The third kappa shape index (κ3) is 3.30. The van der Waals surface area contributed by atoms with Gasteiger partial charge in [0.25, 0.3) is 0 Å². The second-order valence-corrected chi connectivity index (χ2v) is 5.00. The van der Waals surface area contributed by atoms with E-state index in [0.717, 1.165) is 19.3 Å². The highest BCUT2D eigenvalue weighted by Gasteiger charge is 2.25. The molecule has 94 valence electrons. The van der Waals surface area contributed by atoms with Crippen LogP contribution in [0.25, 0.3) is 0 Å². The molecule has 2 rings (SSSR count). The molecule has 1 aromatic rings. The minimum atomic E-state index is -0.165. The molecular formula is C15H23NO. The van der Waals surface area contributed by atoms with Crippen LogP contribution in [0.3, 0.4) is 0 Å². The average Bonchev–Trinajstić information content (AvgIpc) is 2.39. The minimum absolute atomic E-state index is 0.165. The highest BCUT2D eigenvalue weighted by atomic mass is 16.3. The lowest BCUT2D eigenvalue weighted by molar-refractivity contribution is 0.0844. The van der Waals surface area contributed by atoms with Gasteiger partial charge in [-0.3, -0.25) is 0 Å². The number of aliphatic hydroxyl groups is 1. The van der Waals surface area contributed by atoms with E-state index in [2.05, 4.69) is 36.5 Å². The molecule has 1 aromatic carbocycles. The summed E-state index contributed by atoms with van der Waals surface area (Å²) in [6.07, 6.45) is 5.35. The Morgan fingerprint density at radius 2 is 1.94 bits per heavy atom. The van der Waals surface area contributed by atoms with Gasteiger partial charge in [0.05, 0.1) is 6.10 Å². The van der Waals surface area contributed by atoms with Gasteiger partial charge >= 0.3 is 0 Å². The quantitative estimate of drug-likeness (QED) is 0.838. The predicted molar refractivity (Wildman–Crippen MR) is 70.9 cm³/mol. The normalized spacial score (nSPS) is 26.7. The summed E-state index contributed by atoms with van der Waals surface area (Å²) in [7, 11) is 0. The molecule has 2 nitrogen and oxygen atoms in total. The monoisotopic (exact) mass is 233 g/mol. The van der Waals surface area contributed by atoms with Gasteiger partial charge in [-0.25, -0.2) is 0 Å². The first-order chi connectivity index (χ1) is 8.31. The van der Waals surface area contributed by atoms with Crippen LogP contribution in [0.4, 0.5) is 0 Å². The number of rotatable bonds is 4. The topological polar surface area (TPSA) is 32.3 Å². The van der Waals surface area contributed by atoms with Crippen LogP contribution < -0.4 is 5.32 Å². The first kappa shape index (κ1) is 12.6. The average molecular weight is 233 g/mol. The first-order valence-corrected chi connectivity index (χ1v) is 6.80. The van der Waals surface area contributed by atoms with E-state index in [-0.39, 0.29) is 12.1 Å². The van der Waals surface area contributed by atoms with Crippen molar-refractivity contribution in [2.75, 3.05) is 0 Å². The molecule has 0 amide bonds. The summed E-state index contributed by atoms with van der Waals surface area (Å²) < 4.78 is 0. The molecule has 2 N–H and O–H groups in total. The molecule has 0 radical (unpaired) electrons. The van der Waals surface area contributed by atoms with Crippen molar-refractivity contribution in [2.45, 2.75) is 57.2 Å². The number of hydrogen-bond donors (Lipinski definition) is 2. The Kier molecular flexibility index (Phi) is 4.57.